The first kappa shape index (κ1) is 14.7. The fourth-order valence-corrected chi connectivity index (χ4v) is 2.76. The molecule has 1 aliphatic rings. The summed E-state index contributed by atoms with van der Waals surface area (Å²) in [6, 6.07) is 0.449. The van der Waals surface area contributed by atoms with Crippen LogP contribution in [0.4, 0.5) is 0 Å². The van der Waals surface area contributed by atoms with Crippen molar-refractivity contribution in [3.8, 4) is 0 Å². The van der Waals surface area contributed by atoms with Gasteiger partial charge in [0.15, 0.2) is 0 Å². The first-order chi connectivity index (χ1) is 7.99. The van der Waals surface area contributed by atoms with Gasteiger partial charge in [-0.3, -0.25) is 4.55 Å². The van der Waals surface area contributed by atoms with Crippen molar-refractivity contribution in [2.45, 2.75) is 51.0 Å². The lowest BCUT2D eigenvalue weighted by Crippen LogP contribution is -2.33. The molecule has 0 amide bonds. The highest BCUT2D eigenvalue weighted by Gasteiger charge is 2.15. The molecular formula is C12H23NO3S. The average Bonchev–Trinajstić information content (AvgIpc) is 2.24. The van der Waals surface area contributed by atoms with Crippen molar-refractivity contribution in [1.29, 1.82) is 0 Å². The van der Waals surface area contributed by atoms with E-state index in [0.29, 0.717) is 12.5 Å². The maximum Gasteiger partial charge on any atom is 0.264 e. The van der Waals surface area contributed by atoms with Crippen molar-refractivity contribution in [2.24, 2.45) is 0 Å². The lowest BCUT2D eigenvalue weighted by atomic mass is 9.91. The molecule has 1 rings (SSSR count). The second-order valence-corrected chi connectivity index (χ2v) is 6.33. The second kappa shape index (κ2) is 7.13. The molecule has 5 heteroatoms. The van der Waals surface area contributed by atoms with Crippen molar-refractivity contribution in [3.05, 3.63) is 12.2 Å². The van der Waals surface area contributed by atoms with E-state index >= 15 is 0 Å². The Morgan fingerprint density at radius 2 is 2.06 bits per heavy atom. The van der Waals surface area contributed by atoms with E-state index in [2.05, 4.69) is 11.9 Å². The minimum absolute atomic E-state index is 0.122. The van der Waals surface area contributed by atoms with E-state index in [-0.39, 0.29) is 5.75 Å². The Kier molecular flexibility index (Phi) is 6.16. The van der Waals surface area contributed by atoms with Gasteiger partial charge >= 0.3 is 0 Å². The number of unbranched alkanes of at least 4 members (excludes halogenated alkanes) is 2. The van der Waals surface area contributed by atoms with E-state index in [4.69, 9.17) is 4.55 Å². The van der Waals surface area contributed by atoms with Gasteiger partial charge in [0.05, 0.1) is 5.75 Å². The van der Waals surface area contributed by atoms with Crippen LogP contribution in [-0.2, 0) is 10.1 Å². The van der Waals surface area contributed by atoms with Gasteiger partial charge in [-0.05, 0) is 38.6 Å². The topological polar surface area (TPSA) is 66.4 Å². The van der Waals surface area contributed by atoms with Crippen LogP contribution in [0.2, 0.25) is 0 Å². The molecule has 0 saturated heterocycles. The minimum Gasteiger partial charge on any atom is -0.310 e. The summed E-state index contributed by atoms with van der Waals surface area (Å²) in [5, 5.41) is 3.46. The maximum absolute atomic E-state index is 10.5. The molecule has 0 aliphatic heterocycles. The summed E-state index contributed by atoms with van der Waals surface area (Å²) in [5.41, 5.74) is 1.30. The normalized spacial score (nSPS) is 21.7. The van der Waals surface area contributed by atoms with Crippen LogP contribution >= 0.6 is 0 Å². The van der Waals surface area contributed by atoms with Crippen LogP contribution < -0.4 is 5.32 Å². The summed E-state index contributed by atoms with van der Waals surface area (Å²) < 4.78 is 29.5. The first-order valence-corrected chi connectivity index (χ1v) is 7.96. The fourth-order valence-electron chi connectivity index (χ4n) is 2.19. The van der Waals surface area contributed by atoms with Gasteiger partial charge < -0.3 is 5.32 Å². The third kappa shape index (κ3) is 6.81. The van der Waals surface area contributed by atoms with Crippen LogP contribution in [0, 0.1) is 0 Å². The molecule has 100 valence electrons. The van der Waals surface area contributed by atoms with Crippen molar-refractivity contribution < 1.29 is 13.0 Å². The van der Waals surface area contributed by atoms with Crippen molar-refractivity contribution >= 4 is 10.1 Å². The van der Waals surface area contributed by atoms with Crippen LogP contribution in [0.25, 0.3) is 0 Å². The summed E-state index contributed by atoms with van der Waals surface area (Å²) in [7, 11) is -3.78. The van der Waals surface area contributed by atoms with E-state index in [9.17, 15) is 8.42 Å². The van der Waals surface area contributed by atoms with Crippen LogP contribution in [0.5, 0.6) is 0 Å². The fraction of sp³-hybridized carbons (Fsp3) is 0.833. The van der Waals surface area contributed by atoms with E-state index in [0.717, 1.165) is 25.8 Å². The van der Waals surface area contributed by atoms with Crippen LogP contribution in [0.1, 0.15) is 44.9 Å². The summed E-state index contributed by atoms with van der Waals surface area (Å²) in [5.74, 6) is -0.122. The molecule has 0 bridgehead atoms. The molecule has 0 heterocycles. The zero-order chi connectivity index (χ0) is 12.7. The van der Waals surface area contributed by atoms with Gasteiger partial charge in [0.25, 0.3) is 10.1 Å². The van der Waals surface area contributed by atoms with Crippen molar-refractivity contribution in [1.82, 2.24) is 5.32 Å². The molecule has 1 fully saturated rings. The Bertz CT molecular complexity index is 338. The monoisotopic (exact) mass is 261 g/mol. The molecule has 17 heavy (non-hydrogen) atoms. The van der Waals surface area contributed by atoms with Gasteiger partial charge in [0.1, 0.15) is 0 Å². The molecule has 2 N–H and O–H groups in total. The number of hydrogen-bond donors (Lipinski definition) is 2. The molecule has 1 atom stereocenters. The summed E-state index contributed by atoms with van der Waals surface area (Å²) in [6.45, 7) is 4.97. The largest absolute Gasteiger partial charge is 0.310 e. The van der Waals surface area contributed by atoms with Crippen LogP contribution in [-0.4, -0.2) is 31.3 Å². The van der Waals surface area contributed by atoms with Crippen molar-refractivity contribution in [2.75, 3.05) is 12.3 Å². The predicted molar refractivity (Wildman–Crippen MR) is 69.7 cm³/mol. The zero-order valence-electron chi connectivity index (χ0n) is 10.3. The lowest BCUT2D eigenvalue weighted by molar-refractivity contribution is 0.447. The molecule has 1 unspecified atom stereocenters. The van der Waals surface area contributed by atoms with Gasteiger partial charge in [-0.15, -0.1) is 0 Å². The van der Waals surface area contributed by atoms with Gasteiger partial charge in [0.2, 0.25) is 0 Å². The molecular weight excluding hydrogens is 238 g/mol. The second-order valence-electron chi connectivity index (χ2n) is 4.76. The quantitative estimate of drug-likeness (QED) is 0.418. The van der Waals surface area contributed by atoms with Gasteiger partial charge in [0, 0.05) is 6.04 Å². The third-order valence-corrected chi connectivity index (χ3v) is 4.01. The average molecular weight is 261 g/mol. The Hall–Kier alpha value is -0.390. The molecule has 4 nitrogen and oxygen atoms in total. The number of nitrogens with one attached hydrogen (secondary N) is 1. The predicted octanol–water partition coefficient (Wildman–Crippen LogP) is 2.13. The van der Waals surface area contributed by atoms with Crippen LogP contribution in [0.15, 0.2) is 12.2 Å². The molecule has 0 aromatic carbocycles. The highest BCUT2D eigenvalue weighted by molar-refractivity contribution is 7.85. The summed E-state index contributed by atoms with van der Waals surface area (Å²) >= 11 is 0. The van der Waals surface area contributed by atoms with E-state index in [1.54, 1.807) is 0 Å². The molecule has 0 spiro atoms. The van der Waals surface area contributed by atoms with E-state index in [1.165, 1.54) is 24.8 Å². The smallest absolute Gasteiger partial charge is 0.264 e. The highest BCUT2D eigenvalue weighted by Crippen LogP contribution is 2.21. The minimum atomic E-state index is -3.78. The number of hydrogen-bond acceptors (Lipinski definition) is 3. The highest BCUT2D eigenvalue weighted by atomic mass is 32.2. The maximum atomic E-state index is 10.5. The van der Waals surface area contributed by atoms with E-state index in [1.807, 2.05) is 0 Å². The summed E-state index contributed by atoms with van der Waals surface area (Å²) in [6.07, 6.45) is 7.12. The molecule has 0 aromatic heterocycles. The molecule has 1 aliphatic carbocycles. The summed E-state index contributed by atoms with van der Waals surface area (Å²) in [4.78, 5) is 0. The first-order valence-electron chi connectivity index (χ1n) is 6.35. The van der Waals surface area contributed by atoms with Crippen molar-refractivity contribution in [3.63, 3.8) is 0 Å². The lowest BCUT2D eigenvalue weighted by Gasteiger charge is -2.25. The third-order valence-electron chi connectivity index (χ3n) is 3.20. The Morgan fingerprint density at radius 1 is 1.29 bits per heavy atom. The standard InChI is InChI=1S/C12H23NO3S/c1-11-7-3-4-8-12(11)13-9-5-2-6-10-17(14,15)16/h12-13H,1-10H2,(H,14,15,16). The Balaban J connectivity index is 2.02. The Morgan fingerprint density at radius 3 is 2.71 bits per heavy atom. The molecule has 1 saturated carbocycles. The molecule has 0 radical (unpaired) electrons. The SMILES string of the molecule is C=C1CCCCC1NCCCCCS(=O)(=O)O. The van der Waals surface area contributed by atoms with Gasteiger partial charge in [-0.2, -0.15) is 8.42 Å². The van der Waals surface area contributed by atoms with Crippen LogP contribution in [0.3, 0.4) is 0 Å². The van der Waals surface area contributed by atoms with Gasteiger partial charge in [-0.25, -0.2) is 0 Å². The Labute approximate surface area is 104 Å². The van der Waals surface area contributed by atoms with E-state index < -0.39 is 10.1 Å². The molecule has 0 aromatic rings. The zero-order valence-corrected chi connectivity index (χ0v) is 11.1. The van der Waals surface area contributed by atoms with Gasteiger partial charge in [-0.1, -0.05) is 25.0 Å². The number of rotatable bonds is 7.